The lowest BCUT2D eigenvalue weighted by Crippen LogP contribution is -2.40. The van der Waals surface area contributed by atoms with Crippen LogP contribution < -0.4 is 0 Å². The van der Waals surface area contributed by atoms with E-state index in [0.717, 1.165) is 11.3 Å². The highest BCUT2D eigenvalue weighted by Crippen LogP contribution is 2.28. The van der Waals surface area contributed by atoms with Gasteiger partial charge in [0.15, 0.2) is 0 Å². The molecule has 7 nitrogen and oxygen atoms in total. The molecular weight excluding hydrogens is 282 g/mol. The van der Waals surface area contributed by atoms with Gasteiger partial charge in [0.25, 0.3) is 5.91 Å². The number of rotatable bonds is 4. The van der Waals surface area contributed by atoms with Crippen LogP contribution in [0.1, 0.15) is 34.6 Å². The lowest BCUT2D eigenvalue weighted by atomic mass is 9.96. The molecule has 0 radical (unpaired) electrons. The van der Waals surface area contributed by atoms with Gasteiger partial charge >= 0.3 is 0 Å². The smallest absolute Gasteiger partial charge is 0.274 e. The summed E-state index contributed by atoms with van der Waals surface area (Å²) in [5.74, 6) is 0.0147. The van der Waals surface area contributed by atoms with Crippen LogP contribution in [0, 0.1) is 0 Å². The Morgan fingerprint density at radius 2 is 2.27 bits per heavy atom. The first-order chi connectivity index (χ1) is 10.7. The first kappa shape index (κ1) is 14.6. The molecule has 2 aromatic rings. The molecule has 3 rings (SSSR count). The standard InChI is InChI=1S/C15H19N5O2/c1-3-22-10-12-9-20(8-11-6-18-19(2)14(11)12)15(21)13-7-16-4-5-17-13/h4-7,12H,3,8-10H2,1-2H3/t12-/m1/s1. The van der Waals surface area contributed by atoms with Gasteiger partial charge in [0.2, 0.25) is 0 Å². The molecule has 2 aromatic heterocycles. The molecule has 0 aliphatic carbocycles. The van der Waals surface area contributed by atoms with Crippen molar-refractivity contribution in [2.75, 3.05) is 19.8 Å². The second-order valence-corrected chi connectivity index (χ2v) is 5.31. The molecular formula is C15H19N5O2. The largest absolute Gasteiger partial charge is 0.381 e. The Morgan fingerprint density at radius 1 is 1.41 bits per heavy atom. The van der Waals surface area contributed by atoms with Crippen molar-refractivity contribution in [1.82, 2.24) is 24.6 Å². The van der Waals surface area contributed by atoms with Crippen LogP contribution in [0.5, 0.6) is 0 Å². The fraction of sp³-hybridized carbons (Fsp3) is 0.467. The fourth-order valence-corrected chi connectivity index (χ4v) is 2.88. The van der Waals surface area contributed by atoms with E-state index in [2.05, 4.69) is 15.1 Å². The summed E-state index contributed by atoms with van der Waals surface area (Å²) < 4.78 is 7.46. The molecule has 7 heteroatoms. The van der Waals surface area contributed by atoms with Crippen LogP contribution in [0.4, 0.5) is 0 Å². The number of aromatic nitrogens is 4. The summed E-state index contributed by atoms with van der Waals surface area (Å²) in [6.45, 7) is 4.34. The third-order valence-corrected chi connectivity index (χ3v) is 3.85. The topological polar surface area (TPSA) is 73.1 Å². The summed E-state index contributed by atoms with van der Waals surface area (Å²) in [5.41, 5.74) is 2.58. The van der Waals surface area contributed by atoms with Crippen LogP contribution in [0.15, 0.2) is 24.8 Å². The average molecular weight is 301 g/mol. The predicted octanol–water partition coefficient (Wildman–Crippen LogP) is 0.986. The van der Waals surface area contributed by atoms with Crippen molar-refractivity contribution in [3.05, 3.63) is 41.7 Å². The van der Waals surface area contributed by atoms with Crippen LogP contribution in [0.2, 0.25) is 0 Å². The Balaban J connectivity index is 1.85. The van der Waals surface area contributed by atoms with E-state index in [1.807, 2.05) is 24.9 Å². The second-order valence-electron chi connectivity index (χ2n) is 5.31. The van der Waals surface area contributed by atoms with Gasteiger partial charge in [0.1, 0.15) is 5.69 Å². The maximum absolute atomic E-state index is 12.6. The number of hydrogen-bond donors (Lipinski definition) is 0. The van der Waals surface area contributed by atoms with E-state index in [9.17, 15) is 4.79 Å². The van der Waals surface area contributed by atoms with Crippen LogP contribution >= 0.6 is 0 Å². The molecule has 0 aromatic carbocycles. The number of amides is 1. The van der Waals surface area contributed by atoms with Crippen molar-refractivity contribution in [2.24, 2.45) is 7.05 Å². The van der Waals surface area contributed by atoms with Crippen molar-refractivity contribution < 1.29 is 9.53 Å². The van der Waals surface area contributed by atoms with Gasteiger partial charge in [-0.25, -0.2) is 4.98 Å². The van der Waals surface area contributed by atoms with E-state index in [1.165, 1.54) is 12.4 Å². The molecule has 0 saturated heterocycles. The predicted molar refractivity (Wildman–Crippen MR) is 79.2 cm³/mol. The minimum absolute atomic E-state index is 0.107. The Labute approximate surface area is 128 Å². The van der Waals surface area contributed by atoms with Crippen LogP contribution in [0.3, 0.4) is 0 Å². The van der Waals surface area contributed by atoms with Crippen LogP contribution in [-0.4, -0.2) is 50.3 Å². The second kappa shape index (κ2) is 6.23. The number of nitrogens with zero attached hydrogens (tertiary/aromatic N) is 5. The van der Waals surface area contributed by atoms with Gasteiger partial charge < -0.3 is 9.64 Å². The van der Waals surface area contributed by atoms with E-state index in [-0.39, 0.29) is 11.8 Å². The van der Waals surface area contributed by atoms with E-state index < -0.39 is 0 Å². The van der Waals surface area contributed by atoms with Crippen LogP contribution in [0.25, 0.3) is 0 Å². The molecule has 1 atom stereocenters. The molecule has 0 bridgehead atoms. The summed E-state index contributed by atoms with van der Waals surface area (Å²) in [5, 5.41) is 4.32. The van der Waals surface area contributed by atoms with Crippen molar-refractivity contribution in [2.45, 2.75) is 19.4 Å². The molecule has 0 spiro atoms. The number of aryl methyl sites for hydroxylation is 1. The van der Waals surface area contributed by atoms with Crippen molar-refractivity contribution in [3.8, 4) is 0 Å². The third-order valence-electron chi connectivity index (χ3n) is 3.85. The maximum Gasteiger partial charge on any atom is 0.274 e. The highest BCUT2D eigenvalue weighted by Gasteiger charge is 2.32. The van der Waals surface area contributed by atoms with Gasteiger partial charge in [0, 0.05) is 50.6 Å². The van der Waals surface area contributed by atoms with E-state index >= 15 is 0 Å². The molecule has 0 N–H and O–H groups in total. The zero-order valence-corrected chi connectivity index (χ0v) is 12.8. The van der Waals surface area contributed by atoms with Gasteiger partial charge in [-0.3, -0.25) is 14.5 Å². The fourth-order valence-electron chi connectivity index (χ4n) is 2.88. The summed E-state index contributed by atoms with van der Waals surface area (Å²) in [6.07, 6.45) is 6.41. The number of hydrogen-bond acceptors (Lipinski definition) is 5. The van der Waals surface area contributed by atoms with Gasteiger partial charge in [-0.15, -0.1) is 0 Å². The van der Waals surface area contributed by atoms with Gasteiger partial charge in [-0.2, -0.15) is 5.10 Å². The molecule has 3 heterocycles. The average Bonchev–Trinajstić information content (AvgIpc) is 2.94. The summed E-state index contributed by atoms with van der Waals surface area (Å²) in [6, 6.07) is 0. The molecule has 22 heavy (non-hydrogen) atoms. The Morgan fingerprint density at radius 3 is 3.00 bits per heavy atom. The monoisotopic (exact) mass is 301 g/mol. The molecule has 116 valence electrons. The first-order valence-corrected chi connectivity index (χ1v) is 7.34. The van der Waals surface area contributed by atoms with Crippen molar-refractivity contribution in [3.63, 3.8) is 0 Å². The minimum Gasteiger partial charge on any atom is -0.381 e. The van der Waals surface area contributed by atoms with Crippen molar-refractivity contribution >= 4 is 5.91 Å². The Kier molecular flexibility index (Phi) is 4.15. The third kappa shape index (κ3) is 2.71. The summed E-state index contributed by atoms with van der Waals surface area (Å²) in [7, 11) is 1.93. The number of fused-ring (bicyclic) bond motifs is 1. The van der Waals surface area contributed by atoms with E-state index in [0.29, 0.717) is 32.0 Å². The van der Waals surface area contributed by atoms with E-state index in [1.54, 1.807) is 11.1 Å². The SMILES string of the molecule is CCOC[C@H]1CN(C(=O)c2cnccn2)Cc2cnn(C)c21. The summed E-state index contributed by atoms with van der Waals surface area (Å²) >= 11 is 0. The number of carbonyl (C=O) groups is 1. The van der Waals surface area contributed by atoms with E-state index in [4.69, 9.17) is 4.74 Å². The Bertz CT molecular complexity index is 655. The highest BCUT2D eigenvalue weighted by atomic mass is 16.5. The zero-order valence-electron chi connectivity index (χ0n) is 12.8. The highest BCUT2D eigenvalue weighted by molar-refractivity contribution is 5.92. The molecule has 0 unspecified atom stereocenters. The lowest BCUT2D eigenvalue weighted by Gasteiger charge is -2.32. The number of ether oxygens (including phenoxy) is 1. The number of carbonyl (C=O) groups excluding carboxylic acids is 1. The lowest BCUT2D eigenvalue weighted by molar-refractivity contribution is 0.0642. The molecule has 0 fully saturated rings. The normalized spacial score (nSPS) is 17.4. The molecule has 1 aliphatic heterocycles. The Hall–Kier alpha value is -2.28. The zero-order chi connectivity index (χ0) is 15.5. The van der Waals surface area contributed by atoms with Gasteiger partial charge in [-0.05, 0) is 6.92 Å². The molecule has 1 aliphatic rings. The molecule has 1 amide bonds. The minimum atomic E-state index is -0.107. The summed E-state index contributed by atoms with van der Waals surface area (Å²) in [4.78, 5) is 22.4. The quantitative estimate of drug-likeness (QED) is 0.842. The molecule has 0 saturated carbocycles. The van der Waals surface area contributed by atoms with Crippen molar-refractivity contribution in [1.29, 1.82) is 0 Å². The maximum atomic E-state index is 12.6. The van der Waals surface area contributed by atoms with Gasteiger partial charge in [-0.1, -0.05) is 0 Å². The van der Waals surface area contributed by atoms with Crippen LogP contribution in [-0.2, 0) is 18.3 Å². The first-order valence-electron chi connectivity index (χ1n) is 7.34. The van der Waals surface area contributed by atoms with Gasteiger partial charge in [0.05, 0.1) is 24.7 Å².